The molecule has 0 spiro atoms. The highest BCUT2D eigenvalue weighted by atomic mass is 31.1. The molecule has 0 nitrogen and oxygen atoms in total. The van der Waals surface area contributed by atoms with Gasteiger partial charge >= 0.3 is 0 Å². The van der Waals surface area contributed by atoms with E-state index in [9.17, 15) is 0 Å². The van der Waals surface area contributed by atoms with Crippen LogP contribution in [-0.2, 0) is 0 Å². The predicted molar refractivity (Wildman–Crippen MR) is 27.1 cm³/mol. The lowest BCUT2D eigenvalue weighted by Gasteiger charge is -1.62. The van der Waals surface area contributed by atoms with Crippen LogP contribution in [0.5, 0.6) is 0 Å². The lowest BCUT2D eigenvalue weighted by Crippen LogP contribution is -1.48. The van der Waals surface area contributed by atoms with Crippen molar-refractivity contribution in [3.63, 3.8) is 0 Å². The van der Waals surface area contributed by atoms with Crippen LogP contribution in [0.4, 0.5) is 0 Å². The Morgan fingerprint density at radius 1 is 1.60 bits per heavy atom. The predicted octanol–water partition coefficient (Wildman–Crippen LogP) is 1.53. The third-order valence-electron chi connectivity index (χ3n) is 0.805. The number of hydrogen-bond donors (Lipinski definition) is 0. The van der Waals surface area contributed by atoms with E-state index < -0.39 is 0 Å². The minimum Gasteiger partial charge on any atom is -0.109 e. The van der Waals surface area contributed by atoms with E-state index in [2.05, 4.69) is 6.30 Å². The molecule has 0 atom stereocenters. The molecule has 0 radical (unpaired) electrons. The van der Waals surface area contributed by atoms with Crippen LogP contribution in [0.1, 0.15) is 12.8 Å². The molecule has 1 aliphatic carbocycles. The first-order valence-electron chi connectivity index (χ1n) is 1.89. The summed E-state index contributed by atoms with van der Waals surface area (Å²) < 4.78 is 0. The summed E-state index contributed by atoms with van der Waals surface area (Å²) in [6.07, 6.45) is 6.59. The largest absolute Gasteiger partial charge is 0.109 e. The fourth-order valence-corrected chi connectivity index (χ4v) is 0.771. The second kappa shape index (κ2) is 1.10. The van der Waals surface area contributed by atoms with E-state index in [0.717, 1.165) is 5.66 Å². The van der Waals surface area contributed by atoms with Crippen LogP contribution in [0.15, 0.2) is 0 Å². The Hall–Kier alpha value is 0.170. The van der Waals surface area contributed by atoms with Crippen LogP contribution in [0.3, 0.4) is 0 Å². The molecule has 0 aromatic carbocycles. The van der Waals surface area contributed by atoms with Crippen molar-refractivity contribution in [2.24, 2.45) is 0 Å². The third kappa shape index (κ3) is 0.735. The molecule has 0 aromatic rings. The normalized spacial score (nSPS) is 24.0. The molecule has 0 saturated heterocycles. The first-order valence-corrected chi connectivity index (χ1v) is 3.04. The van der Waals surface area contributed by atoms with Crippen LogP contribution < -0.4 is 0 Å². The van der Waals surface area contributed by atoms with Gasteiger partial charge in [-0.15, -0.1) is 8.20 Å². The highest BCUT2D eigenvalue weighted by Gasteiger charge is 2.16. The van der Waals surface area contributed by atoms with Gasteiger partial charge in [0.15, 0.2) is 0 Å². The van der Waals surface area contributed by atoms with Crippen LogP contribution in [-0.4, -0.2) is 12.0 Å². The lowest BCUT2D eigenvalue weighted by molar-refractivity contribution is 1.50. The van der Waals surface area contributed by atoms with Gasteiger partial charge in [-0.1, -0.05) is 6.30 Å². The van der Waals surface area contributed by atoms with Gasteiger partial charge in [0.05, 0.1) is 0 Å². The Morgan fingerprint density at radius 2 is 2.20 bits per heavy atom. The van der Waals surface area contributed by atoms with Crippen molar-refractivity contribution in [2.45, 2.75) is 18.5 Å². The Balaban J connectivity index is 2.21. The van der Waals surface area contributed by atoms with Crippen LogP contribution in [0, 0.1) is 0 Å². The minimum absolute atomic E-state index is 0.995. The van der Waals surface area contributed by atoms with Gasteiger partial charge in [0.2, 0.25) is 0 Å². The molecule has 28 valence electrons. The van der Waals surface area contributed by atoms with Crippen LogP contribution in [0.2, 0.25) is 0 Å². The second-order valence-electron chi connectivity index (χ2n) is 1.41. The molecule has 1 fully saturated rings. The van der Waals surface area contributed by atoms with E-state index in [1.54, 1.807) is 0 Å². The lowest BCUT2D eigenvalue weighted by atomic mass is 11.0. The van der Waals surface area contributed by atoms with Gasteiger partial charge in [-0.05, 0) is 12.8 Å². The molecule has 0 unspecified atom stereocenters. The summed E-state index contributed by atoms with van der Waals surface area (Å²) in [5.74, 6) is 0. The molecular formula is C4H7P. The SMILES string of the molecule is C=PC1CC1. The quantitative estimate of drug-likeness (QED) is 0.424. The summed E-state index contributed by atoms with van der Waals surface area (Å²) in [6.45, 7) is 0. The molecule has 0 bridgehead atoms. The summed E-state index contributed by atoms with van der Waals surface area (Å²) in [5, 5.41) is 0. The standard InChI is InChI=1S/C4H7P/c1-5-4-2-3-4/h4H,1-3H2. The molecule has 0 N–H and O–H groups in total. The Bertz CT molecular complexity index is 45.6. The van der Waals surface area contributed by atoms with Crippen molar-refractivity contribution in [3.8, 4) is 0 Å². The fraction of sp³-hybridized carbons (Fsp3) is 0.750. The van der Waals surface area contributed by atoms with Crippen molar-refractivity contribution in [3.05, 3.63) is 0 Å². The zero-order valence-corrected chi connectivity index (χ0v) is 4.04. The Labute approximate surface area is 34.0 Å². The summed E-state index contributed by atoms with van der Waals surface area (Å²) in [5.41, 5.74) is 0.995. The van der Waals surface area contributed by atoms with E-state index in [4.69, 9.17) is 0 Å². The van der Waals surface area contributed by atoms with E-state index in [1.165, 1.54) is 21.0 Å². The molecule has 5 heavy (non-hydrogen) atoms. The molecule has 0 aromatic heterocycles. The summed E-state index contributed by atoms with van der Waals surface area (Å²) in [6, 6.07) is 0. The summed E-state index contributed by atoms with van der Waals surface area (Å²) in [4.78, 5) is 0. The van der Waals surface area contributed by atoms with Gasteiger partial charge in [-0.25, -0.2) is 0 Å². The first kappa shape index (κ1) is 3.36. The van der Waals surface area contributed by atoms with Gasteiger partial charge in [-0.3, -0.25) is 0 Å². The van der Waals surface area contributed by atoms with Gasteiger partial charge < -0.3 is 0 Å². The second-order valence-corrected chi connectivity index (χ2v) is 2.51. The van der Waals surface area contributed by atoms with E-state index in [1.807, 2.05) is 0 Å². The summed E-state index contributed by atoms with van der Waals surface area (Å²) >= 11 is 0. The molecule has 0 heterocycles. The van der Waals surface area contributed by atoms with Gasteiger partial charge in [0, 0.05) is 5.66 Å². The van der Waals surface area contributed by atoms with Crippen molar-refractivity contribution < 1.29 is 0 Å². The van der Waals surface area contributed by atoms with Gasteiger partial charge in [0.1, 0.15) is 0 Å². The molecule has 1 heteroatoms. The van der Waals surface area contributed by atoms with E-state index in [-0.39, 0.29) is 0 Å². The molecule has 0 aliphatic heterocycles. The molecule has 1 rings (SSSR count). The number of rotatable bonds is 1. The van der Waals surface area contributed by atoms with Gasteiger partial charge in [-0.2, -0.15) is 0 Å². The molecular weight excluding hydrogens is 79.0 g/mol. The van der Waals surface area contributed by atoms with Crippen LogP contribution >= 0.6 is 8.20 Å². The first-order chi connectivity index (χ1) is 2.43. The Morgan fingerprint density at radius 3 is 2.20 bits per heavy atom. The van der Waals surface area contributed by atoms with Gasteiger partial charge in [0.25, 0.3) is 0 Å². The molecule has 1 saturated carbocycles. The maximum absolute atomic E-state index is 3.72. The zero-order valence-electron chi connectivity index (χ0n) is 3.15. The maximum Gasteiger partial charge on any atom is 0.000382 e. The average molecular weight is 86.1 g/mol. The van der Waals surface area contributed by atoms with Crippen LogP contribution in [0.25, 0.3) is 0 Å². The Kier molecular flexibility index (Phi) is 0.740. The number of hydrogen-bond acceptors (Lipinski definition) is 0. The van der Waals surface area contributed by atoms with Crippen molar-refractivity contribution in [1.29, 1.82) is 0 Å². The van der Waals surface area contributed by atoms with Crippen molar-refractivity contribution in [1.82, 2.24) is 0 Å². The summed E-state index contributed by atoms with van der Waals surface area (Å²) in [7, 11) is 1.36. The average Bonchev–Trinajstić information content (AvgIpc) is 2.12. The highest BCUT2D eigenvalue weighted by molar-refractivity contribution is 7.37. The smallest absolute Gasteiger partial charge is 0.000382 e. The van der Waals surface area contributed by atoms with Crippen molar-refractivity contribution in [2.75, 3.05) is 0 Å². The topological polar surface area (TPSA) is 0 Å². The monoisotopic (exact) mass is 86.0 g/mol. The van der Waals surface area contributed by atoms with Crippen molar-refractivity contribution >= 4 is 14.5 Å². The van der Waals surface area contributed by atoms with E-state index in [0.29, 0.717) is 0 Å². The minimum atomic E-state index is 0.995. The molecule has 1 aliphatic rings. The highest BCUT2D eigenvalue weighted by Crippen LogP contribution is 2.31. The fourth-order valence-electron chi connectivity index (χ4n) is 0.257. The maximum atomic E-state index is 3.72. The third-order valence-corrected chi connectivity index (χ3v) is 1.84. The molecule has 0 amide bonds. The zero-order chi connectivity index (χ0) is 3.70. The van der Waals surface area contributed by atoms with E-state index >= 15 is 0 Å².